The zero-order chi connectivity index (χ0) is 18.9. The van der Waals surface area contributed by atoms with Gasteiger partial charge < -0.3 is 20.7 Å². The smallest absolute Gasteiger partial charge is 0.394 e. The van der Waals surface area contributed by atoms with Gasteiger partial charge in [-0.05, 0) is 19.3 Å². The van der Waals surface area contributed by atoms with Crippen LogP contribution in [0.1, 0.15) is 32.7 Å². The number of nitrogens with one attached hydrogen (secondary N) is 1. The van der Waals surface area contributed by atoms with Crippen molar-refractivity contribution in [2.75, 3.05) is 17.7 Å². The van der Waals surface area contributed by atoms with Gasteiger partial charge in [0, 0.05) is 18.6 Å². The Bertz CT molecular complexity index is 916. The summed E-state index contributed by atoms with van der Waals surface area (Å²) < 4.78 is 33.6. The minimum Gasteiger partial charge on any atom is -0.396 e. The van der Waals surface area contributed by atoms with Gasteiger partial charge in [-0.15, -0.1) is 0 Å². The fourth-order valence-electron chi connectivity index (χ4n) is 2.79. The van der Waals surface area contributed by atoms with Crippen molar-refractivity contribution in [3.05, 3.63) is 18.5 Å². The molecule has 0 saturated heterocycles. The summed E-state index contributed by atoms with van der Waals surface area (Å²) in [5.41, 5.74) is 7.35. The van der Waals surface area contributed by atoms with Crippen LogP contribution in [0.4, 0.5) is 11.8 Å². The van der Waals surface area contributed by atoms with Crippen LogP contribution in [0.3, 0.4) is 0 Å². The highest BCUT2D eigenvalue weighted by Gasteiger charge is 2.26. The van der Waals surface area contributed by atoms with Gasteiger partial charge in [-0.2, -0.15) is 18.4 Å². The highest BCUT2D eigenvalue weighted by atomic mass is 32.3. The average molecular weight is 400 g/mol. The number of aliphatic hydroxyl groups excluding tert-OH is 1. The molecule has 2 aliphatic carbocycles. The van der Waals surface area contributed by atoms with Crippen LogP contribution >= 0.6 is 0 Å². The molecular weight excluding hydrogens is 376 g/mol. The first-order valence-corrected chi connectivity index (χ1v) is 9.40. The number of aliphatic hydroxyl groups is 1. The van der Waals surface area contributed by atoms with Crippen molar-refractivity contribution >= 4 is 33.3 Å². The van der Waals surface area contributed by atoms with Crippen LogP contribution in [-0.4, -0.2) is 54.8 Å². The van der Waals surface area contributed by atoms with Gasteiger partial charge in [0.25, 0.3) is 0 Å². The highest BCUT2D eigenvalue weighted by molar-refractivity contribution is 7.79. The Hall–Kier alpha value is -2.28. The molecule has 2 aromatic rings. The standard InChI is InChI=1S/C14H18N6O.CH4.H2O4S/c15-14-18-12(17-9-2-3-9)11-13(19-14)20(7-16-11)10-4-1-8(5-10)6-21;;1-5(2,3)4/h1,4,7-10,21H,2-3,5-6H2,(H3,15,17,18,19);1H4;(H2,1,2,3,4)/t8-,10+;;/m1../s1. The summed E-state index contributed by atoms with van der Waals surface area (Å²) in [6.45, 7) is 0.172. The predicted octanol–water partition coefficient (Wildman–Crippen LogP) is 1.08. The minimum absolute atomic E-state index is 0. The van der Waals surface area contributed by atoms with Gasteiger partial charge in [0.2, 0.25) is 5.95 Å². The second-order valence-electron chi connectivity index (χ2n) is 6.25. The molecule has 0 aromatic carbocycles. The van der Waals surface area contributed by atoms with E-state index in [-0.39, 0.29) is 31.9 Å². The molecule has 6 N–H and O–H groups in total. The molecule has 2 atom stereocenters. The Morgan fingerprint density at radius 3 is 2.48 bits per heavy atom. The molecular formula is C15H24N6O5S. The molecule has 0 spiro atoms. The number of imidazole rings is 1. The van der Waals surface area contributed by atoms with E-state index in [9.17, 15) is 5.11 Å². The first kappa shape index (κ1) is 21.0. The minimum atomic E-state index is -4.67. The van der Waals surface area contributed by atoms with E-state index >= 15 is 0 Å². The van der Waals surface area contributed by atoms with Gasteiger partial charge in [-0.25, -0.2) is 4.98 Å². The number of hydrogen-bond acceptors (Lipinski definition) is 8. The zero-order valence-electron chi connectivity index (χ0n) is 13.7. The van der Waals surface area contributed by atoms with Crippen LogP contribution in [0, 0.1) is 5.92 Å². The average Bonchev–Trinajstić information content (AvgIpc) is 3.07. The van der Waals surface area contributed by atoms with E-state index < -0.39 is 10.4 Å². The topological polar surface area (TPSA) is 176 Å². The van der Waals surface area contributed by atoms with E-state index in [0.29, 0.717) is 6.04 Å². The van der Waals surface area contributed by atoms with Gasteiger partial charge in [-0.3, -0.25) is 9.11 Å². The van der Waals surface area contributed by atoms with Crippen LogP contribution in [0.5, 0.6) is 0 Å². The number of nitrogens with zero attached hydrogens (tertiary/aromatic N) is 4. The molecule has 4 rings (SSSR count). The number of aromatic nitrogens is 4. The number of nitrogens with two attached hydrogens (primary N) is 1. The van der Waals surface area contributed by atoms with Crippen molar-refractivity contribution in [3.63, 3.8) is 0 Å². The Morgan fingerprint density at radius 2 is 1.93 bits per heavy atom. The predicted molar refractivity (Wildman–Crippen MR) is 101 cm³/mol. The molecule has 12 heteroatoms. The lowest BCUT2D eigenvalue weighted by Gasteiger charge is -2.13. The molecule has 0 unspecified atom stereocenters. The van der Waals surface area contributed by atoms with E-state index in [0.717, 1.165) is 36.2 Å². The van der Waals surface area contributed by atoms with Gasteiger partial charge >= 0.3 is 10.4 Å². The second-order valence-corrected chi connectivity index (χ2v) is 7.15. The number of allylic oxidation sites excluding steroid dienone is 1. The maximum atomic E-state index is 9.26. The molecule has 2 heterocycles. The summed E-state index contributed by atoms with van der Waals surface area (Å²) in [4.78, 5) is 13.1. The quantitative estimate of drug-likeness (QED) is 0.368. The first-order valence-electron chi connectivity index (χ1n) is 8.00. The Morgan fingerprint density at radius 1 is 1.26 bits per heavy atom. The third-order valence-electron chi connectivity index (χ3n) is 4.10. The van der Waals surface area contributed by atoms with Crippen molar-refractivity contribution in [1.29, 1.82) is 0 Å². The zero-order valence-corrected chi connectivity index (χ0v) is 14.5. The van der Waals surface area contributed by atoms with Crippen molar-refractivity contribution in [2.24, 2.45) is 5.92 Å². The van der Waals surface area contributed by atoms with Gasteiger partial charge in [0.1, 0.15) is 0 Å². The molecule has 2 aliphatic rings. The Kier molecular flexibility index (Phi) is 6.36. The maximum absolute atomic E-state index is 9.26. The van der Waals surface area contributed by atoms with E-state index in [1.807, 2.05) is 10.6 Å². The van der Waals surface area contributed by atoms with Crippen molar-refractivity contribution in [1.82, 2.24) is 19.5 Å². The maximum Gasteiger partial charge on any atom is 0.394 e. The van der Waals surface area contributed by atoms with Gasteiger partial charge in [0.05, 0.1) is 12.4 Å². The molecule has 0 amide bonds. The second kappa shape index (κ2) is 8.17. The summed E-state index contributed by atoms with van der Waals surface area (Å²) in [5, 5.41) is 12.6. The Labute approximate surface area is 156 Å². The number of nitrogen functional groups attached to an aromatic ring is 1. The molecule has 150 valence electrons. The molecule has 0 bridgehead atoms. The van der Waals surface area contributed by atoms with Crippen molar-refractivity contribution in [2.45, 2.75) is 38.8 Å². The molecule has 1 saturated carbocycles. The summed E-state index contributed by atoms with van der Waals surface area (Å²) in [5.74, 6) is 1.18. The fourth-order valence-corrected chi connectivity index (χ4v) is 2.79. The number of hydrogen-bond donors (Lipinski definition) is 5. The highest BCUT2D eigenvalue weighted by Crippen LogP contribution is 2.32. The van der Waals surface area contributed by atoms with Crippen LogP contribution in [0.2, 0.25) is 0 Å². The van der Waals surface area contributed by atoms with E-state index in [1.165, 1.54) is 0 Å². The van der Waals surface area contributed by atoms with Gasteiger partial charge in [-0.1, -0.05) is 19.6 Å². The summed E-state index contributed by atoms with van der Waals surface area (Å²) >= 11 is 0. The van der Waals surface area contributed by atoms with E-state index in [4.69, 9.17) is 23.3 Å². The summed E-state index contributed by atoms with van der Waals surface area (Å²) in [6, 6.07) is 0.646. The van der Waals surface area contributed by atoms with Crippen LogP contribution < -0.4 is 11.1 Å². The van der Waals surface area contributed by atoms with E-state index in [1.54, 1.807) is 6.33 Å². The summed E-state index contributed by atoms with van der Waals surface area (Å²) in [6.07, 6.45) is 9.10. The largest absolute Gasteiger partial charge is 0.396 e. The lowest BCUT2D eigenvalue weighted by Crippen LogP contribution is -2.10. The van der Waals surface area contributed by atoms with Gasteiger partial charge in [0.15, 0.2) is 17.0 Å². The fraction of sp³-hybridized carbons (Fsp3) is 0.533. The molecule has 27 heavy (non-hydrogen) atoms. The Balaban J connectivity index is 0.000000390. The molecule has 11 nitrogen and oxygen atoms in total. The number of rotatable bonds is 4. The summed E-state index contributed by atoms with van der Waals surface area (Å²) in [7, 11) is -4.67. The third kappa shape index (κ3) is 5.60. The number of anilines is 2. The van der Waals surface area contributed by atoms with Crippen LogP contribution in [-0.2, 0) is 10.4 Å². The van der Waals surface area contributed by atoms with Crippen molar-refractivity contribution in [3.8, 4) is 0 Å². The SMILES string of the molecule is C.Nc1nc(NC2CC2)c2ncn([C@H]3C=C[C@@H](CO)C3)c2n1.O=S(=O)(O)O. The lowest BCUT2D eigenvalue weighted by atomic mass is 10.1. The normalized spacial score (nSPS) is 21.4. The monoisotopic (exact) mass is 400 g/mol. The molecule has 2 aromatic heterocycles. The third-order valence-corrected chi connectivity index (χ3v) is 4.10. The van der Waals surface area contributed by atoms with Crippen LogP contribution in [0.25, 0.3) is 11.2 Å². The van der Waals surface area contributed by atoms with Crippen molar-refractivity contribution < 1.29 is 22.6 Å². The molecule has 1 fully saturated rings. The van der Waals surface area contributed by atoms with Crippen LogP contribution in [0.15, 0.2) is 18.5 Å². The molecule has 0 aliphatic heterocycles. The first-order chi connectivity index (χ1) is 12.2. The lowest BCUT2D eigenvalue weighted by molar-refractivity contribution is 0.244. The molecule has 0 radical (unpaired) electrons. The van der Waals surface area contributed by atoms with E-state index in [2.05, 4.69) is 26.3 Å². The number of fused-ring (bicyclic) bond motifs is 1.